The Morgan fingerprint density at radius 2 is 2.11 bits per heavy atom. The largest absolute Gasteiger partial charge is 0.308 e. The number of imidazole rings is 1. The van der Waals surface area contributed by atoms with Crippen LogP contribution in [0, 0.1) is 19.8 Å². The van der Waals surface area contributed by atoms with Crippen LogP contribution in [0.4, 0.5) is 0 Å². The standard InChI is InChI=1S/C14H23N3S/c1-6-9(2)11(4)15-7-13-12(5)16-14-17(13)10(3)8-18-14/h8-9,11,15H,6-7H2,1-5H3. The van der Waals surface area contributed by atoms with Crippen molar-refractivity contribution >= 4 is 16.3 Å². The van der Waals surface area contributed by atoms with E-state index in [0.29, 0.717) is 12.0 Å². The molecular formula is C14H23N3S. The maximum atomic E-state index is 4.62. The van der Waals surface area contributed by atoms with Crippen LogP contribution in [0.25, 0.3) is 4.96 Å². The molecule has 18 heavy (non-hydrogen) atoms. The third-order valence-electron chi connectivity index (χ3n) is 3.92. The Bertz CT molecular complexity index is 526. The number of aryl methyl sites for hydroxylation is 2. The van der Waals surface area contributed by atoms with Gasteiger partial charge in [-0.25, -0.2) is 4.98 Å². The number of aromatic nitrogens is 2. The molecule has 2 atom stereocenters. The second kappa shape index (κ2) is 5.41. The van der Waals surface area contributed by atoms with Crippen LogP contribution in [0.15, 0.2) is 5.38 Å². The first-order chi connectivity index (χ1) is 8.54. The summed E-state index contributed by atoms with van der Waals surface area (Å²) in [4.78, 5) is 5.73. The Kier molecular flexibility index (Phi) is 4.07. The van der Waals surface area contributed by atoms with E-state index in [4.69, 9.17) is 0 Å². The highest BCUT2D eigenvalue weighted by atomic mass is 32.1. The number of rotatable bonds is 5. The minimum Gasteiger partial charge on any atom is -0.308 e. The zero-order valence-electron chi connectivity index (χ0n) is 11.9. The molecule has 0 aliphatic heterocycles. The second-order valence-electron chi connectivity index (χ2n) is 5.19. The van der Waals surface area contributed by atoms with Gasteiger partial charge in [0.15, 0.2) is 4.96 Å². The van der Waals surface area contributed by atoms with E-state index >= 15 is 0 Å². The minimum absolute atomic E-state index is 0.541. The van der Waals surface area contributed by atoms with Crippen molar-refractivity contribution < 1.29 is 0 Å². The average molecular weight is 265 g/mol. The molecule has 2 unspecified atom stereocenters. The first kappa shape index (κ1) is 13.6. The zero-order valence-corrected chi connectivity index (χ0v) is 12.8. The summed E-state index contributed by atoms with van der Waals surface area (Å²) < 4.78 is 2.27. The molecule has 0 saturated carbocycles. The second-order valence-corrected chi connectivity index (χ2v) is 6.03. The van der Waals surface area contributed by atoms with Gasteiger partial charge in [0.25, 0.3) is 0 Å². The number of thiazole rings is 1. The van der Waals surface area contributed by atoms with Crippen molar-refractivity contribution in [1.82, 2.24) is 14.7 Å². The van der Waals surface area contributed by atoms with Crippen molar-refractivity contribution in [2.24, 2.45) is 5.92 Å². The smallest absolute Gasteiger partial charge is 0.194 e. The summed E-state index contributed by atoms with van der Waals surface area (Å²) in [6.45, 7) is 12.0. The van der Waals surface area contributed by atoms with E-state index in [0.717, 1.165) is 17.2 Å². The van der Waals surface area contributed by atoms with Crippen LogP contribution >= 0.6 is 11.3 Å². The molecule has 0 spiro atoms. The SMILES string of the molecule is CCC(C)C(C)NCc1c(C)nc2scc(C)n12. The minimum atomic E-state index is 0.541. The third kappa shape index (κ3) is 2.45. The fourth-order valence-corrected chi connectivity index (χ4v) is 3.12. The van der Waals surface area contributed by atoms with E-state index in [-0.39, 0.29) is 0 Å². The first-order valence-electron chi connectivity index (χ1n) is 6.70. The van der Waals surface area contributed by atoms with Gasteiger partial charge in [-0.05, 0) is 26.7 Å². The number of hydrogen-bond donors (Lipinski definition) is 1. The average Bonchev–Trinajstić information content (AvgIpc) is 2.85. The summed E-state index contributed by atoms with van der Waals surface area (Å²) in [5, 5.41) is 5.80. The van der Waals surface area contributed by atoms with E-state index in [9.17, 15) is 0 Å². The number of fused-ring (bicyclic) bond motifs is 1. The maximum absolute atomic E-state index is 4.62. The molecule has 2 rings (SSSR count). The van der Waals surface area contributed by atoms with Gasteiger partial charge in [-0.15, -0.1) is 11.3 Å². The molecular weight excluding hydrogens is 242 g/mol. The van der Waals surface area contributed by atoms with Gasteiger partial charge in [-0.3, -0.25) is 4.40 Å². The monoisotopic (exact) mass is 265 g/mol. The molecule has 3 nitrogen and oxygen atoms in total. The third-order valence-corrected chi connectivity index (χ3v) is 4.86. The highest BCUT2D eigenvalue weighted by Gasteiger charge is 2.14. The molecule has 2 heterocycles. The lowest BCUT2D eigenvalue weighted by atomic mass is 10.0. The Balaban J connectivity index is 2.16. The molecule has 2 aromatic rings. The molecule has 0 fully saturated rings. The molecule has 100 valence electrons. The Morgan fingerprint density at radius 1 is 1.39 bits per heavy atom. The Hall–Kier alpha value is -0.870. The maximum Gasteiger partial charge on any atom is 0.194 e. The Morgan fingerprint density at radius 3 is 2.78 bits per heavy atom. The van der Waals surface area contributed by atoms with Crippen LogP contribution in [0.1, 0.15) is 44.3 Å². The molecule has 0 aromatic carbocycles. The van der Waals surface area contributed by atoms with Crippen molar-refractivity contribution in [2.75, 3.05) is 0 Å². The predicted molar refractivity (Wildman–Crippen MR) is 78.3 cm³/mol. The van der Waals surface area contributed by atoms with Gasteiger partial charge in [0.1, 0.15) is 0 Å². The van der Waals surface area contributed by atoms with Gasteiger partial charge < -0.3 is 5.32 Å². The molecule has 1 N–H and O–H groups in total. The predicted octanol–water partition coefficient (Wildman–Crippen LogP) is 3.54. The normalized spacial score (nSPS) is 15.2. The van der Waals surface area contributed by atoms with Crippen LogP contribution in [0.2, 0.25) is 0 Å². The summed E-state index contributed by atoms with van der Waals surface area (Å²) in [6, 6.07) is 0.541. The van der Waals surface area contributed by atoms with Crippen molar-refractivity contribution in [2.45, 2.75) is 53.6 Å². The zero-order chi connectivity index (χ0) is 13.3. The summed E-state index contributed by atoms with van der Waals surface area (Å²) in [6.07, 6.45) is 1.21. The van der Waals surface area contributed by atoms with Gasteiger partial charge in [0, 0.05) is 23.7 Å². The van der Waals surface area contributed by atoms with Gasteiger partial charge >= 0.3 is 0 Å². The van der Waals surface area contributed by atoms with Crippen molar-refractivity contribution in [3.8, 4) is 0 Å². The van der Waals surface area contributed by atoms with Crippen molar-refractivity contribution in [1.29, 1.82) is 0 Å². The summed E-state index contributed by atoms with van der Waals surface area (Å²) in [5.41, 5.74) is 3.73. The lowest BCUT2D eigenvalue weighted by molar-refractivity contribution is 0.387. The van der Waals surface area contributed by atoms with Crippen molar-refractivity contribution in [3.05, 3.63) is 22.5 Å². The van der Waals surface area contributed by atoms with Gasteiger partial charge in [-0.2, -0.15) is 0 Å². The molecule has 0 aliphatic carbocycles. The van der Waals surface area contributed by atoms with Crippen LogP contribution in [0.5, 0.6) is 0 Å². The first-order valence-corrected chi connectivity index (χ1v) is 7.58. The lowest BCUT2D eigenvalue weighted by Crippen LogP contribution is -2.32. The molecule has 0 bridgehead atoms. The van der Waals surface area contributed by atoms with Crippen LogP contribution in [-0.4, -0.2) is 15.4 Å². The molecule has 0 aliphatic rings. The quantitative estimate of drug-likeness (QED) is 0.896. The van der Waals surface area contributed by atoms with E-state index in [2.05, 4.69) is 54.7 Å². The highest BCUT2D eigenvalue weighted by Crippen LogP contribution is 2.20. The molecule has 2 aromatic heterocycles. The van der Waals surface area contributed by atoms with Crippen LogP contribution in [0.3, 0.4) is 0 Å². The van der Waals surface area contributed by atoms with Crippen LogP contribution < -0.4 is 5.32 Å². The number of hydrogen-bond acceptors (Lipinski definition) is 3. The molecule has 0 radical (unpaired) electrons. The summed E-state index contributed by atoms with van der Waals surface area (Å²) in [5.74, 6) is 0.706. The Labute approximate surface area is 113 Å². The fourth-order valence-electron chi connectivity index (χ4n) is 2.19. The van der Waals surface area contributed by atoms with E-state index < -0.39 is 0 Å². The van der Waals surface area contributed by atoms with E-state index in [1.54, 1.807) is 11.3 Å². The topological polar surface area (TPSA) is 29.3 Å². The summed E-state index contributed by atoms with van der Waals surface area (Å²) in [7, 11) is 0. The molecule has 0 saturated heterocycles. The van der Waals surface area contributed by atoms with Gasteiger partial charge in [0.2, 0.25) is 0 Å². The van der Waals surface area contributed by atoms with E-state index in [1.807, 2.05) is 0 Å². The van der Waals surface area contributed by atoms with Gasteiger partial charge in [0.05, 0.1) is 11.4 Å². The number of nitrogens with zero attached hydrogens (tertiary/aromatic N) is 2. The molecule has 0 amide bonds. The van der Waals surface area contributed by atoms with Crippen LogP contribution in [-0.2, 0) is 6.54 Å². The van der Waals surface area contributed by atoms with Crippen molar-refractivity contribution in [3.63, 3.8) is 0 Å². The van der Waals surface area contributed by atoms with E-state index in [1.165, 1.54) is 17.8 Å². The fraction of sp³-hybridized carbons (Fsp3) is 0.643. The molecule has 4 heteroatoms. The lowest BCUT2D eigenvalue weighted by Gasteiger charge is -2.20. The highest BCUT2D eigenvalue weighted by molar-refractivity contribution is 7.15. The summed E-state index contributed by atoms with van der Waals surface area (Å²) >= 11 is 1.72. The van der Waals surface area contributed by atoms with Gasteiger partial charge in [-0.1, -0.05) is 20.3 Å². The number of nitrogens with one attached hydrogen (secondary N) is 1.